The number of nitrogens with one attached hydrogen (secondary N) is 2. The highest BCUT2D eigenvalue weighted by Gasteiger charge is 2.33. The van der Waals surface area contributed by atoms with Crippen molar-refractivity contribution >= 4 is 35.8 Å². The van der Waals surface area contributed by atoms with Gasteiger partial charge in [0.1, 0.15) is 0 Å². The van der Waals surface area contributed by atoms with E-state index in [9.17, 15) is 4.79 Å². The summed E-state index contributed by atoms with van der Waals surface area (Å²) < 4.78 is 5.62. The van der Waals surface area contributed by atoms with Crippen LogP contribution in [0.25, 0.3) is 0 Å². The second-order valence-corrected chi connectivity index (χ2v) is 8.32. The largest absolute Gasteiger partial charge is 0.382 e. The van der Waals surface area contributed by atoms with Gasteiger partial charge in [-0.25, -0.2) is 0 Å². The van der Waals surface area contributed by atoms with Crippen molar-refractivity contribution in [1.29, 1.82) is 0 Å². The Hall–Kier alpha value is -0.570. The molecule has 1 atom stereocenters. The average Bonchev–Trinajstić information content (AvgIpc) is 3.33. The second-order valence-electron chi connectivity index (χ2n) is 8.32. The third-order valence-electron chi connectivity index (χ3n) is 6.35. The van der Waals surface area contributed by atoms with E-state index in [-0.39, 0.29) is 24.0 Å². The topological polar surface area (TPSA) is 66.0 Å². The van der Waals surface area contributed by atoms with Crippen LogP contribution in [0, 0.1) is 5.41 Å². The van der Waals surface area contributed by atoms with E-state index in [1.54, 1.807) is 0 Å². The summed E-state index contributed by atoms with van der Waals surface area (Å²) in [6, 6.07) is 0.345. The van der Waals surface area contributed by atoms with Crippen LogP contribution >= 0.6 is 24.0 Å². The molecule has 1 aliphatic heterocycles. The van der Waals surface area contributed by atoms with Gasteiger partial charge in [0, 0.05) is 51.9 Å². The molecule has 2 aliphatic rings. The molecule has 6 nitrogen and oxygen atoms in total. The normalized spacial score (nSPS) is 19.9. The Morgan fingerprint density at radius 1 is 1.21 bits per heavy atom. The van der Waals surface area contributed by atoms with Crippen molar-refractivity contribution in [3.8, 4) is 0 Å². The zero-order valence-electron chi connectivity index (χ0n) is 18.8. The predicted molar refractivity (Wildman–Crippen MR) is 131 cm³/mol. The van der Waals surface area contributed by atoms with Crippen LogP contribution in [0.2, 0.25) is 0 Å². The van der Waals surface area contributed by atoms with Crippen molar-refractivity contribution in [1.82, 2.24) is 15.5 Å². The molecule has 0 aromatic carbocycles. The van der Waals surface area contributed by atoms with E-state index in [1.807, 2.05) is 0 Å². The first-order chi connectivity index (χ1) is 13.6. The molecule has 0 aromatic rings. The quantitative estimate of drug-likeness (QED) is 0.176. The van der Waals surface area contributed by atoms with Crippen LogP contribution in [0.5, 0.6) is 0 Å². The van der Waals surface area contributed by atoms with Gasteiger partial charge in [-0.2, -0.15) is 0 Å². The summed E-state index contributed by atoms with van der Waals surface area (Å²) in [5.41, 5.74) is 0.311. The van der Waals surface area contributed by atoms with Crippen LogP contribution in [0.4, 0.5) is 0 Å². The van der Waals surface area contributed by atoms with Crippen molar-refractivity contribution in [2.75, 3.05) is 39.4 Å². The van der Waals surface area contributed by atoms with E-state index < -0.39 is 0 Å². The molecule has 1 saturated heterocycles. The van der Waals surface area contributed by atoms with Gasteiger partial charge in [-0.1, -0.05) is 19.8 Å². The number of carbonyl (C=O) groups is 1. The molecule has 2 rings (SSSR count). The Bertz CT molecular complexity index is 495. The molecular weight excluding hydrogens is 479 g/mol. The summed E-state index contributed by atoms with van der Waals surface area (Å²) in [5, 5.41) is 6.89. The van der Waals surface area contributed by atoms with Gasteiger partial charge < -0.3 is 20.3 Å². The average molecular weight is 523 g/mol. The minimum atomic E-state index is 0. The smallest absolute Gasteiger partial charge is 0.222 e. The number of ether oxygens (including phenoxy) is 1. The Morgan fingerprint density at radius 2 is 1.97 bits per heavy atom. The number of hydrogen-bond donors (Lipinski definition) is 2. The Morgan fingerprint density at radius 3 is 2.55 bits per heavy atom. The highest BCUT2D eigenvalue weighted by molar-refractivity contribution is 14.0. The van der Waals surface area contributed by atoms with Gasteiger partial charge in [0.25, 0.3) is 0 Å². The third kappa shape index (κ3) is 8.59. The number of carbonyl (C=O) groups excluding carboxylic acids is 1. The fraction of sp³-hybridized carbons (Fsp3) is 0.909. The summed E-state index contributed by atoms with van der Waals surface area (Å²) in [6.45, 7) is 11.5. The zero-order chi connectivity index (χ0) is 20.2. The van der Waals surface area contributed by atoms with Crippen LogP contribution < -0.4 is 10.6 Å². The molecule has 0 bridgehead atoms. The lowest BCUT2D eigenvalue weighted by Crippen LogP contribution is -2.42. The van der Waals surface area contributed by atoms with E-state index in [0.717, 1.165) is 77.5 Å². The van der Waals surface area contributed by atoms with E-state index in [0.29, 0.717) is 17.4 Å². The molecule has 2 fully saturated rings. The van der Waals surface area contributed by atoms with Crippen molar-refractivity contribution < 1.29 is 9.53 Å². The van der Waals surface area contributed by atoms with Gasteiger partial charge >= 0.3 is 0 Å². The lowest BCUT2D eigenvalue weighted by molar-refractivity contribution is -0.129. The number of aliphatic imine (C=N–C) groups is 1. The van der Waals surface area contributed by atoms with Gasteiger partial charge in [0.05, 0.1) is 0 Å². The maximum absolute atomic E-state index is 12.0. The zero-order valence-corrected chi connectivity index (χ0v) is 21.1. The van der Waals surface area contributed by atoms with Gasteiger partial charge in [-0.15, -0.1) is 24.0 Å². The van der Waals surface area contributed by atoms with Crippen LogP contribution in [0.3, 0.4) is 0 Å². The molecule has 0 radical (unpaired) electrons. The van der Waals surface area contributed by atoms with Crippen LogP contribution in [0.1, 0.15) is 78.6 Å². The summed E-state index contributed by atoms with van der Waals surface area (Å²) in [5.74, 6) is 1.23. The van der Waals surface area contributed by atoms with Crippen molar-refractivity contribution in [2.45, 2.75) is 84.6 Å². The van der Waals surface area contributed by atoms with Gasteiger partial charge in [0.2, 0.25) is 5.91 Å². The monoisotopic (exact) mass is 522 g/mol. The van der Waals surface area contributed by atoms with Gasteiger partial charge in [0.15, 0.2) is 5.96 Å². The molecule has 2 N–H and O–H groups in total. The number of halogens is 1. The minimum Gasteiger partial charge on any atom is -0.382 e. The van der Waals surface area contributed by atoms with Gasteiger partial charge in [-0.3, -0.25) is 9.79 Å². The second kappa shape index (κ2) is 14.4. The Kier molecular flexibility index (Phi) is 13.2. The predicted octanol–water partition coefficient (Wildman–Crippen LogP) is 3.94. The molecular formula is C22H43IN4O2. The van der Waals surface area contributed by atoms with E-state index in [4.69, 9.17) is 9.73 Å². The van der Waals surface area contributed by atoms with Crippen LogP contribution in [-0.4, -0.2) is 62.2 Å². The Labute approximate surface area is 195 Å². The van der Waals surface area contributed by atoms with Gasteiger partial charge in [-0.05, 0) is 57.8 Å². The molecule has 29 heavy (non-hydrogen) atoms. The summed E-state index contributed by atoms with van der Waals surface area (Å²) in [6.07, 6.45) is 9.98. The molecule has 170 valence electrons. The maximum atomic E-state index is 12.0. The Balaban J connectivity index is 0.00000420. The summed E-state index contributed by atoms with van der Waals surface area (Å²) >= 11 is 0. The molecule has 1 unspecified atom stereocenters. The fourth-order valence-corrected chi connectivity index (χ4v) is 4.63. The molecule has 1 saturated carbocycles. The lowest BCUT2D eigenvalue weighted by Gasteiger charge is -2.28. The van der Waals surface area contributed by atoms with Crippen molar-refractivity contribution in [3.63, 3.8) is 0 Å². The molecule has 1 heterocycles. The first-order valence-corrected chi connectivity index (χ1v) is 11.5. The first-order valence-electron chi connectivity index (χ1n) is 11.5. The standard InChI is InChI=1S/C22H42N4O2.HI/c1-4-19(26-16-9-10-20(26)27)11-15-24-21(23-5-2)25-18-22(12-7-8-13-22)14-17-28-6-3;/h19H,4-18H2,1-3H3,(H2,23,24,25);1H. The number of rotatable bonds is 12. The number of nitrogens with zero attached hydrogens (tertiary/aromatic N) is 2. The number of amides is 1. The van der Waals surface area contributed by atoms with Crippen molar-refractivity contribution in [2.24, 2.45) is 10.4 Å². The molecule has 1 aliphatic carbocycles. The number of hydrogen-bond acceptors (Lipinski definition) is 3. The molecule has 1 amide bonds. The first kappa shape index (κ1) is 26.5. The third-order valence-corrected chi connectivity index (χ3v) is 6.35. The number of likely N-dealkylation sites (tertiary alicyclic amines) is 1. The van der Waals surface area contributed by atoms with Crippen molar-refractivity contribution in [3.05, 3.63) is 0 Å². The maximum Gasteiger partial charge on any atom is 0.222 e. The summed E-state index contributed by atoms with van der Waals surface area (Å²) in [7, 11) is 0. The number of guanidine groups is 1. The molecule has 0 spiro atoms. The highest BCUT2D eigenvalue weighted by atomic mass is 127. The summed E-state index contributed by atoms with van der Waals surface area (Å²) in [4.78, 5) is 19.0. The SMILES string of the molecule is CCNC(=NCC1(CCOCC)CCCC1)NCCC(CC)N1CCCC1=O.I. The fourth-order valence-electron chi connectivity index (χ4n) is 4.63. The molecule has 0 aromatic heterocycles. The van der Waals surface area contributed by atoms with Crippen LogP contribution in [0.15, 0.2) is 4.99 Å². The van der Waals surface area contributed by atoms with E-state index in [1.165, 1.54) is 25.7 Å². The van der Waals surface area contributed by atoms with E-state index in [2.05, 4.69) is 36.3 Å². The van der Waals surface area contributed by atoms with E-state index >= 15 is 0 Å². The highest BCUT2D eigenvalue weighted by Crippen LogP contribution is 2.41. The minimum absolute atomic E-state index is 0. The van der Waals surface area contributed by atoms with Crippen LogP contribution in [-0.2, 0) is 9.53 Å². The lowest BCUT2D eigenvalue weighted by atomic mass is 9.83. The molecule has 7 heteroatoms.